The van der Waals surface area contributed by atoms with Gasteiger partial charge < -0.3 is 30.4 Å². The van der Waals surface area contributed by atoms with E-state index < -0.39 is 0 Å². The van der Waals surface area contributed by atoms with Gasteiger partial charge in [0.2, 0.25) is 5.91 Å². The van der Waals surface area contributed by atoms with Crippen LogP contribution in [-0.2, 0) is 19.0 Å². The Hall–Kier alpha value is -0.730. The fourth-order valence-electron chi connectivity index (χ4n) is 1.70. The Morgan fingerprint density at radius 3 is 2.09 bits per heavy atom. The molecule has 132 valence electrons. The van der Waals surface area contributed by atoms with Gasteiger partial charge in [-0.3, -0.25) is 4.79 Å². The zero-order valence-electron chi connectivity index (χ0n) is 13.6. The lowest BCUT2D eigenvalue weighted by atomic mass is 10.2. The van der Waals surface area contributed by atoms with Crippen LogP contribution in [-0.4, -0.2) is 70.4 Å². The van der Waals surface area contributed by atoms with Gasteiger partial charge in [0.25, 0.3) is 0 Å². The van der Waals surface area contributed by atoms with Gasteiger partial charge in [0, 0.05) is 26.1 Å². The van der Waals surface area contributed by atoms with Crippen molar-refractivity contribution in [3.05, 3.63) is 0 Å². The maximum atomic E-state index is 11.5. The lowest BCUT2D eigenvalue weighted by Gasteiger charge is -2.07. The normalized spacial score (nSPS) is 10.8. The first kappa shape index (κ1) is 21.3. The van der Waals surface area contributed by atoms with Crippen LogP contribution in [0.5, 0.6) is 0 Å². The summed E-state index contributed by atoms with van der Waals surface area (Å²) in [5, 5.41) is 11.5. The number of amides is 1. The van der Waals surface area contributed by atoms with Gasteiger partial charge in [0.1, 0.15) is 0 Å². The molecule has 0 rings (SSSR count). The van der Waals surface area contributed by atoms with E-state index in [0.29, 0.717) is 59.2 Å². The molecule has 7 heteroatoms. The molecule has 0 spiro atoms. The van der Waals surface area contributed by atoms with Crippen molar-refractivity contribution in [2.24, 2.45) is 5.73 Å². The van der Waals surface area contributed by atoms with Gasteiger partial charge in [-0.15, -0.1) is 0 Å². The predicted octanol–water partition coefficient (Wildman–Crippen LogP) is 0.0539. The van der Waals surface area contributed by atoms with Crippen molar-refractivity contribution in [3.63, 3.8) is 0 Å². The largest absolute Gasteiger partial charge is 0.396 e. The fraction of sp³-hybridized carbons (Fsp3) is 0.933. The molecule has 0 atom stereocenters. The lowest BCUT2D eigenvalue weighted by Crippen LogP contribution is -2.25. The first-order valence-corrected chi connectivity index (χ1v) is 8.12. The van der Waals surface area contributed by atoms with Crippen molar-refractivity contribution in [2.45, 2.75) is 32.1 Å². The van der Waals surface area contributed by atoms with Gasteiger partial charge in [0.05, 0.1) is 39.6 Å². The summed E-state index contributed by atoms with van der Waals surface area (Å²) in [7, 11) is 0. The highest BCUT2D eigenvalue weighted by Gasteiger charge is 2.00. The summed E-state index contributed by atoms with van der Waals surface area (Å²) < 4.78 is 15.8. The summed E-state index contributed by atoms with van der Waals surface area (Å²) in [4.78, 5) is 11.5. The van der Waals surface area contributed by atoms with Crippen molar-refractivity contribution in [1.29, 1.82) is 0 Å². The monoisotopic (exact) mass is 320 g/mol. The lowest BCUT2D eigenvalue weighted by molar-refractivity contribution is -0.122. The van der Waals surface area contributed by atoms with E-state index in [2.05, 4.69) is 5.32 Å². The molecule has 0 radical (unpaired) electrons. The first-order chi connectivity index (χ1) is 10.8. The van der Waals surface area contributed by atoms with Gasteiger partial charge in [-0.1, -0.05) is 12.8 Å². The molecular weight excluding hydrogens is 288 g/mol. The van der Waals surface area contributed by atoms with E-state index in [9.17, 15) is 4.79 Å². The number of carbonyl (C=O) groups is 1. The molecule has 0 aliphatic carbocycles. The van der Waals surface area contributed by atoms with E-state index in [0.717, 1.165) is 25.7 Å². The summed E-state index contributed by atoms with van der Waals surface area (Å²) in [6, 6.07) is 0. The van der Waals surface area contributed by atoms with Gasteiger partial charge in [0.15, 0.2) is 0 Å². The predicted molar refractivity (Wildman–Crippen MR) is 84.7 cm³/mol. The van der Waals surface area contributed by atoms with Gasteiger partial charge in [-0.05, 0) is 12.8 Å². The summed E-state index contributed by atoms with van der Waals surface area (Å²) >= 11 is 0. The zero-order chi connectivity index (χ0) is 16.3. The van der Waals surface area contributed by atoms with Crippen LogP contribution in [0.3, 0.4) is 0 Å². The Kier molecular flexibility index (Phi) is 17.7. The minimum absolute atomic E-state index is 0.0123. The van der Waals surface area contributed by atoms with Crippen LogP contribution in [0.25, 0.3) is 0 Å². The zero-order valence-corrected chi connectivity index (χ0v) is 13.6. The molecule has 4 N–H and O–H groups in total. The quantitative estimate of drug-likeness (QED) is 0.327. The molecule has 1 amide bonds. The number of hydrogen-bond donors (Lipinski definition) is 3. The van der Waals surface area contributed by atoms with E-state index in [1.54, 1.807) is 0 Å². The van der Waals surface area contributed by atoms with Crippen molar-refractivity contribution in [1.82, 2.24) is 5.32 Å². The van der Waals surface area contributed by atoms with E-state index in [1.165, 1.54) is 0 Å². The van der Waals surface area contributed by atoms with Crippen LogP contribution in [0, 0.1) is 0 Å². The molecule has 0 aromatic carbocycles. The number of aliphatic hydroxyl groups is 1. The molecule has 0 aliphatic rings. The Bertz CT molecular complexity index is 242. The number of hydrogen-bond acceptors (Lipinski definition) is 6. The minimum Gasteiger partial charge on any atom is -0.396 e. The molecule has 0 bridgehead atoms. The summed E-state index contributed by atoms with van der Waals surface area (Å²) in [5.41, 5.74) is 5.28. The molecule has 22 heavy (non-hydrogen) atoms. The van der Waals surface area contributed by atoms with Crippen LogP contribution < -0.4 is 11.1 Å². The summed E-state index contributed by atoms with van der Waals surface area (Å²) in [5.74, 6) is 0.0123. The van der Waals surface area contributed by atoms with E-state index in [-0.39, 0.29) is 12.5 Å². The Labute approximate surface area is 133 Å². The third-order valence-electron chi connectivity index (χ3n) is 2.89. The number of nitrogens with one attached hydrogen (secondary N) is 1. The van der Waals surface area contributed by atoms with E-state index in [4.69, 9.17) is 25.1 Å². The SMILES string of the molecule is NCCOCCOCCOCCC(=O)NCCCCCCO. The fourth-order valence-corrected chi connectivity index (χ4v) is 1.70. The van der Waals surface area contributed by atoms with Crippen molar-refractivity contribution in [2.75, 3.05) is 59.3 Å². The maximum Gasteiger partial charge on any atom is 0.222 e. The van der Waals surface area contributed by atoms with Crippen LogP contribution in [0.4, 0.5) is 0 Å². The molecule has 0 fully saturated rings. The molecule has 0 aromatic heterocycles. The average molecular weight is 320 g/mol. The summed E-state index contributed by atoms with van der Waals surface area (Å²) in [6.07, 6.45) is 4.20. The topological polar surface area (TPSA) is 103 Å². The molecule has 0 saturated heterocycles. The van der Waals surface area contributed by atoms with Crippen molar-refractivity contribution in [3.8, 4) is 0 Å². The highest BCUT2D eigenvalue weighted by Crippen LogP contribution is 1.97. The van der Waals surface area contributed by atoms with Crippen molar-refractivity contribution >= 4 is 5.91 Å². The van der Waals surface area contributed by atoms with Gasteiger partial charge >= 0.3 is 0 Å². The number of nitrogens with two attached hydrogens (primary N) is 1. The number of ether oxygens (including phenoxy) is 3. The third kappa shape index (κ3) is 17.3. The van der Waals surface area contributed by atoms with Crippen LogP contribution in [0.2, 0.25) is 0 Å². The minimum atomic E-state index is 0.0123. The van der Waals surface area contributed by atoms with Gasteiger partial charge in [-0.2, -0.15) is 0 Å². The number of unbranched alkanes of at least 4 members (excludes halogenated alkanes) is 3. The second-order valence-corrected chi connectivity index (χ2v) is 4.86. The highest BCUT2D eigenvalue weighted by atomic mass is 16.5. The van der Waals surface area contributed by atoms with Crippen LogP contribution in [0.15, 0.2) is 0 Å². The molecule has 0 aromatic rings. The molecule has 7 nitrogen and oxygen atoms in total. The second-order valence-electron chi connectivity index (χ2n) is 4.86. The molecule has 0 saturated carbocycles. The maximum absolute atomic E-state index is 11.5. The summed E-state index contributed by atoms with van der Waals surface area (Å²) in [6.45, 7) is 4.46. The van der Waals surface area contributed by atoms with Crippen LogP contribution >= 0.6 is 0 Å². The average Bonchev–Trinajstić information content (AvgIpc) is 2.52. The van der Waals surface area contributed by atoms with E-state index >= 15 is 0 Å². The second kappa shape index (κ2) is 18.3. The number of carbonyl (C=O) groups excluding carboxylic acids is 1. The molecular formula is C15H32N2O5. The van der Waals surface area contributed by atoms with Gasteiger partial charge in [-0.25, -0.2) is 0 Å². The standard InChI is InChI=1S/C15H32N2O5/c16-6-10-21-12-14-22-13-11-20-9-5-15(19)17-7-3-1-2-4-8-18/h18H,1-14,16H2,(H,17,19). The first-order valence-electron chi connectivity index (χ1n) is 8.12. The van der Waals surface area contributed by atoms with E-state index in [1.807, 2.05) is 0 Å². The smallest absolute Gasteiger partial charge is 0.222 e. The Morgan fingerprint density at radius 1 is 0.864 bits per heavy atom. The van der Waals surface area contributed by atoms with Crippen molar-refractivity contribution < 1.29 is 24.1 Å². The number of aliphatic hydroxyl groups excluding tert-OH is 1. The molecule has 0 unspecified atom stereocenters. The Balaban J connectivity index is 3.12. The third-order valence-corrected chi connectivity index (χ3v) is 2.89. The molecule has 0 aliphatic heterocycles. The number of rotatable bonds is 17. The molecule has 0 heterocycles. The highest BCUT2D eigenvalue weighted by molar-refractivity contribution is 5.75. The Morgan fingerprint density at radius 2 is 1.45 bits per heavy atom. The van der Waals surface area contributed by atoms with Crippen LogP contribution in [0.1, 0.15) is 32.1 Å².